The van der Waals surface area contributed by atoms with E-state index < -0.39 is 0 Å². The molecule has 1 aromatic carbocycles. The average Bonchev–Trinajstić information content (AvgIpc) is 2.23. The number of nitrogens with two attached hydrogens (primary N) is 1. The van der Waals surface area contributed by atoms with Crippen LogP contribution in [0.2, 0.25) is 5.02 Å². The highest BCUT2D eigenvalue weighted by Crippen LogP contribution is 2.19. The van der Waals surface area contributed by atoms with Gasteiger partial charge < -0.3 is 5.73 Å². The van der Waals surface area contributed by atoms with Gasteiger partial charge in [0.05, 0.1) is 5.02 Å². The Morgan fingerprint density at radius 3 is 2.69 bits per heavy atom. The first-order chi connectivity index (χ1) is 7.06. The summed E-state index contributed by atoms with van der Waals surface area (Å²) in [4.78, 5) is 1.99. The lowest BCUT2D eigenvalue weighted by molar-refractivity contribution is 0.251. The monoisotopic (exact) mass is 266 g/mol. The number of rotatable bonds is 4. The molecule has 0 bridgehead atoms. The van der Waals surface area contributed by atoms with E-state index in [1.54, 1.807) is 18.2 Å². The molecule has 0 spiro atoms. The van der Waals surface area contributed by atoms with Crippen molar-refractivity contribution in [1.29, 1.82) is 0 Å². The van der Waals surface area contributed by atoms with Gasteiger partial charge in [-0.3, -0.25) is 4.90 Å². The molecule has 0 aromatic heterocycles. The molecule has 1 atom stereocenters. The quantitative estimate of drug-likeness (QED) is 0.908. The van der Waals surface area contributed by atoms with E-state index in [1.807, 2.05) is 18.9 Å². The third kappa shape index (κ3) is 3.91. The number of hydrogen-bond donors (Lipinski definition) is 1. The van der Waals surface area contributed by atoms with Crippen LogP contribution in [0, 0.1) is 5.82 Å². The molecule has 1 aromatic rings. The van der Waals surface area contributed by atoms with Crippen molar-refractivity contribution >= 4 is 24.0 Å². The molecular weight excluding hydrogens is 250 g/mol. The minimum Gasteiger partial charge on any atom is -0.329 e. The maximum Gasteiger partial charge on any atom is 0.146 e. The van der Waals surface area contributed by atoms with Crippen molar-refractivity contribution in [2.24, 2.45) is 5.73 Å². The summed E-state index contributed by atoms with van der Waals surface area (Å²) >= 11 is 5.69. The van der Waals surface area contributed by atoms with Crippen LogP contribution in [0.1, 0.15) is 12.5 Å². The van der Waals surface area contributed by atoms with E-state index in [0.29, 0.717) is 18.7 Å². The molecule has 0 aliphatic heterocycles. The van der Waals surface area contributed by atoms with E-state index in [9.17, 15) is 4.39 Å². The first-order valence-electron chi connectivity index (χ1n) is 4.89. The second-order valence-corrected chi connectivity index (χ2v) is 4.12. The van der Waals surface area contributed by atoms with Crippen LogP contribution in [0.3, 0.4) is 0 Å². The first-order valence-corrected chi connectivity index (χ1v) is 5.27. The molecule has 16 heavy (non-hydrogen) atoms. The number of benzene rings is 1. The summed E-state index contributed by atoms with van der Waals surface area (Å²) in [6.07, 6.45) is 0. The lowest BCUT2D eigenvalue weighted by Crippen LogP contribution is -2.34. The minimum atomic E-state index is -0.338. The van der Waals surface area contributed by atoms with Crippen molar-refractivity contribution in [1.82, 2.24) is 4.90 Å². The highest BCUT2D eigenvalue weighted by Gasteiger charge is 2.11. The van der Waals surface area contributed by atoms with Gasteiger partial charge in [-0.1, -0.05) is 23.7 Å². The SMILES string of the molecule is CC(CN)N(C)Cc1cccc(Cl)c1F.Cl. The van der Waals surface area contributed by atoms with Gasteiger partial charge in [-0.25, -0.2) is 4.39 Å². The van der Waals surface area contributed by atoms with E-state index in [4.69, 9.17) is 17.3 Å². The lowest BCUT2D eigenvalue weighted by atomic mass is 10.2. The van der Waals surface area contributed by atoms with Crippen LogP contribution in [0.5, 0.6) is 0 Å². The summed E-state index contributed by atoms with van der Waals surface area (Å²) in [6.45, 7) is 3.08. The summed E-state index contributed by atoms with van der Waals surface area (Å²) in [6, 6.07) is 5.26. The molecule has 0 amide bonds. The highest BCUT2D eigenvalue weighted by molar-refractivity contribution is 6.30. The van der Waals surface area contributed by atoms with Gasteiger partial charge >= 0.3 is 0 Å². The molecule has 5 heteroatoms. The van der Waals surface area contributed by atoms with Gasteiger partial charge in [0.25, 0.3) is 0 Å². The molecule has 1 unspecified atom stereocenters. The van der Waals surface area contributed by atoms with Crippen LogP contribution in [0.25, 0.3) is 0 Å². The maximum atomic E-state index is 13.5. The third-order valence-corrected chi connectivity index (χ3v) is 2.84. The van der Waals surface area contributed by atoms with E-state index in [0.717, 1.165) is 0 Å². The Bertz CT molecular complexity index is 334. The number of hydrogen-bond acceptors (Lipinski definition) is 2. The van der Waals surface area contributed by atoms with Gasteiger partial charge in [-0.15, -0.1) is 12.4 Å². The van der Waals surface area contributed by atoms with Crippen molar-refractivity contribution in [2.75, 3.05) is 13.6 Å². The molecule has 2 nitrogen and oxygen atoms in total. The topological polar surface area (TPSA) is 29.3 Å². The second kappa shape index (κ2) is 7.07. The van der Waals surface area contributed by atoms with Crippen LogP contribution in [-0.2, 0) is 6.54 Å². The summed E-state index contributed by atoms with van der Waals surface area (Å²) < 4.78 is 13.5. The van der Waals surface area contributed by atoms with Gasteiger partial charge in [-0.2, -0.15) is 0 Å². The molecule has 0 aliphatic carbocycles. The molecule has 0 radical (unpaired) electrons. The zero-order valence-corrected chi connectivity index (χ0v) is 11.0. The molecular formula is C11H17Cl2FN2. The van der Waals surface area contributed by atoms with Gasteiger partial charge in [0, 0.05) is 24.7 Å². The summed E-state index contributed by atoms with van der Waals surface area (Å²) in [5, 5.41) is 0.168. The van der Waals surface area contributed by atoms with Gasteiger partial charge in [0.2, 0.25) is 0 Å². The van der Waals surface area contributed by atoms with Crippen molar-refractivity contribution < 1.29 is 4.39 Å². The molecule has 92 valence electrons. The van der Waals surface area contributed by atoms with Crippen molar-refractivity contribution in [2.45, 2.75) is 19.5 Å². The fourth-order valence-corrected chi connectivity index (χ4v) is 1.47. The molecule has 0 saturated carbocycles. The van der Waals surface area contributed by atoms with Crippen LogP contribution >= 0.6 is 24.0 Å². The zero-order chi connectivity index (χ0) is 11.4. The smallest absolute Gasteiger partial charge is 0.146 e. The standard InChI is InChI=1S/C11H16ClFN2.ClH/c1-8(6-14)15(2)7-9-4-3-5-10(12)11(9)13;/h3-5,8H,6-7,14H2,1-2H3;1H. The predicted octanol–water partition coefficient (Wildman–Crippen LogP) is 2.68. The Hall–Kier alpha value is -0.350. The molecule has 0 fully saturated rings. The van der Waals surface area contributed by atoms with Crippen LogP contribution < -0.4 is 5.73 Å². The Kier molecular flexibility index (Phi) is 6.91. The largest absolute Gasteiger partial charge is 0.329 e. The predicted molar refractivity (Wildman–Crippen MR) is 68.6 cm³/mol. The summed E-state index contributed by atoms with van der Waals surface area (Å²) in [7, 11) is 1.91. The molecule has 1 rings (SSSR count). The van der Waals surface area contributed by atoms with Crippen LogP contribution in [0.15, 0.2) is 18.2 Å². The molecule has 0 aliphatic rings. The normalized spacial score (nSPS) is 12.4. The molecule has 2 N–H and O–H groups in total. The molecule has 0 heterocycles. The highest BCUT2D eigenvalue weighted by atomic mass is 35.5. The Labute approximate surface area is 107 Å². The fraction of sp³-hybridized carbons (Fsp3) is 0.455. The fourth-order valence-electron chi connectivity index (χ4n) is 1.28. The zero-order valence-electron chi connectivity index (χ0n) is 9.41. The first kappa shape index (κ1) is 15.7. The van der Waals surface area contributed by atoms with E-state index >= 15 is 0 Å². The molecule has 0 saturated heterocycles. The van der Waals surface area contributed by atoms with Crippen molar-refractivity contribution in [3.63, 3.8) is 0 Å². The number of nitrogens with zero attached hydrogens (tertiary/aromatic N) is 1. The summed E-state index contributed by atoms with van der Waals surface area (Å²) in [5.74, 6) is -0.338. The Morgan fingerprint density at radius 2 is 2.12 bits per heavy atom. The second-order valence-electron chi connectivity index (χ2n) is 3.71. The van der Waals surface area contributed by atoms with Gasteiger partial charge in [0.1, 0.15) is 5.82 Å². The van der Waals surface area contributed by atoms with Gasteiger partial charge in [-0.05, 0) is 20.0 Å². The van der Waals surface area contributed by atoms with E-state index in [1.165, 1.54) is 0 Å². The third-order valence-electron chi connectivity index (χ3n) is 2.54. The van der Waals surface area contributed by atoms with E-state index in [2.05, 4.69) is 0 Å². The number of likely N-dealkylation sites (N-methyl/N-ethyl adjacent to an activating group) is 1. The van der Waals surface area contributed by atoms with Crippen LogP contribution in [-0.4, -0.2) is 24.5 Å². The van der Waals surface area contributed by atoms with Crippen LogP contribution in [0.4, 0.5) is 4.39 Å². The van der Waals surface area contributed by atoms with Gasteiger partial charge in [0.15, 0.2) is 0 Å². The maximum absolute atomic E-state index is 13.5. The lowest BCUT2D eigenvalue weighted by Gasteiger charge is -2.23. The Morgan fingerprint density at radius 1 is 1.50 bits per heavy atom. The average molecular weight is 267 g/mol. The van der Waals surface area contributed by atoms with Crippen molar-refractivity contribution in [3.8, 4) is 0 Å². The van der Waals surface area contributed by atoms with Crippen molar-refractivity contribution in [3.05, 3.63) is 34.6 Å². The minimum absolute atomic E-state index is 0. The number of halogens is 3. The van der Waals surface area contributed by atoms with E-state index in [-0.39, 0.29) is 29.3 Å². The Balaban J connectivity index is 0.00000225. The summed E-state index contributed by atoms with van der Waals surface area (Å²) in [5.41, 5.74) is 6.14.